The lowest BCUT2D eigenvalue weighted by atomic mass is 9.92. The number of rotatable bonds is 8. The van der Waals surface area contributed by atoms with Crippen molar-refractivity contribution in [3.8, 4) is 11.3 Å². The standard InChI is InChI=1S/C24H27FN3O4P/c1-4-24(5-2,33(30,31)32)19-9-13-21(14-10-19)27-22(29)15-8-18-16-26-28(3)23(18)17-6-11-20(25)12-7-17/h6-16H,4-5H2,1-3H3,(H,27,29)(H2,30,31,32)/b15-8-. The number of benzene rings is 2. The topological polar surface area (TPSA) is 104 Å². The van der Waals surface area contributed by atoms with Gasteiger partial charge < -0.3 is 15.1 Å². The molecule has 0 fully saturated rings. The average Bonchev–Trinajstić information content (AvgIpc) is 3.14. The number of carbonyl (C=O) groups excluding carboxylic acids is 1. The van der Waals surface area contributed by atoms with Gasteiger partial charge in [-0.15, -0.1) is 0 Å². The maximum atomic E-state index is 13.3. The Kier molecular flexibility index (Phi) is 7.32. The molecule has 33 heavy (non-hydrogen) atoms. The highest BCUT2D eigenvalue weighted by atomic mass is 31.2. The van der Waals surface area contributed by atoms with Crippen molar-refractivity contribution in [1.29, 1.82) is 0 Å². The van der Waals surface area contributed by atoms with Crippen molar-refractivity contribution >= 4 is 25.3 Å². The van der Waals surface area contributed by atoms with Crippen LogP contribution in [0.1, 0.15) is 37.8 Å². The molecule has 0 saturated heterocycles. The lowest BCUT2D eigenvalue weighted by molar-refractivity contribution is -0.111. The summed E-state index contributed by atoms with van der Waals surface area (Å²) in [5.41, 5.74) is 3.26. The maximum absolute atomic E-state index is 13.3. The summed E-state index contributed by atoms with van der Waals surface area (Å²) in [6, 6.07) is 12.6. The summed E-state index contributed by atoms with van der Waals surface area (Å²) in [6.45, 7) is 3.50. The molecule has 9 heteroatoms. The van der Waals surface area contributed by atoms with E-state index >= 15 is 0 Å². The van der Waals surface area contributed by atoms with Gasteiger partial charge in [0.15, 0.2) is 0 Å². The zero-order chi connectivity index (χ0) is 24.2. The second-order valence-electron chi connectivity index (χ2n) is 7.76. The number of aryl methyl sites for hydroxylation is 1. The average molecular weight is 471 g/mol. The maximum Gasteiger partial charge on any atom is 0.335 e. The third-order valence-electron chi connectivity index (χ3n) is 5.92. The molecule has 0 unspecified atom stereocenters. The van der Waals surface area contributed by atoms with Gasteiger partial charge in [-0.1, -0.05) is 26.0 Å². The number of hydrogen-bond donors (Lipinski definition) is 3. The summed E-state index contributed by atoms with van der Waals surface area (Å²) in [4.78, 5) is 32.2. The zero-order valence-electron chi connectivity index (χ0n) is 18.7. The first kappa shape index (κ1) is 24.6. The molecule has 0 aliphatic carbocycles. The van der Waals surface area contributed by atoms with Crippen molar-refractivity contribution in [2.45, 2.75) is 31.8 Å². The van der Waals surface area contributed by atoms with E-state index in [0.717, 1.165) is 11.3 Å². The molecule has 0 aliphatic heterocycles. The van der Waals surface area contributed by atoms with Crippen molar-refractivity contribution in [2.75, 3.05) is 5.32 Å². The highest BCUT2D eigenvalue weighted by Gasteiger charge is 2.45. The third kappa shape index (κ3) is 5.14. The first-order chi connectivity index (χ1) is 15.6. The van der Waals surface area contributed by atoms with E-state index in [1.807, 2.05) is 0 Å². The van der Waals surface area contributed by atoms with Gasteiger partial charge in [-0.05, 0) is 60.9 Å². The Hall–Kier alpha value is -3.06. The summed E-state index contributed by atoms with van der Waals surface area (Å²) in [6.07, 6.45) is 5.21. The Labute approximate surface area is 192 Å². The summed E-state index contributed by atoms with van der Waals surface area (Å²) >= 11 is 0. The van der Waals surface area contributed by atoms with Gasteiger partial charge in [0.2, 0.25) is 5.91 Å². The van der Waals surface area contributed by atoms with Crippen LogP contribution >= 0.6 is 7.60 Å². The van der Waals surface area contributed by atoms with Crippen LogP contribution in [0.3, 0.4) is 0 Å². The molecular formula is C24H27FN3O4P. The van der Waals surface area contributed by atoms with Crippen LogP contribution in [0.2, 0.25) is 0 Å². The van der Waals surface area contributed by atoms with Gasteiger partial charge in [0.05, 0.1) is 17.0 Å². The zero-order valence-corrected chi connectivity index (χ0v) is 19.6. The van der Waals surface area contributed by atoms with Crippen molar-refractivity contribution in [3.63, 3.8) is 0 Å². The molecule has 0 radical (unpaired) electrons. The van der Waals surface area contributed by atoms with E-state index in [2.05, 4.69) is 10.4 Å². The van der Waals surface area contributed by atoms with Gasteiger partial charge in [-0.3, -0.25) is 14.0 Å². The van der Waals surface area contributed by atoms with E-state index < -0.39 is 12.8 Å². The van der Waals surface area contributed by atoms with Crippen LogP contribution in [0.25, 0.3) is 17.3 Å². The fraction of sp³-hybridized carbons (Fsp3) is 0.250. The number of halogens is 1. The van der Waals surface area contributed by atoms with Crippen LogP contribution in [-0.2, 0) is 21.6 Å². The molecule has 3 N–H and O–H groups in total. The summed E-state index contributed by atoms with van der Waals surface area (Å²) < 4.78 is 27.0. The Morgan fingerprint density at radius 3 is 2.27 bits per heavy atom. The van der Waals surface area contributed by atoms with E-state index in [0.29, 0.717) is 29.7 Å². The van der Waals surface area contributed by atoms with Crippen LogP contribution in [0.15, 0.2) is 60.8 Å². The highest BCUT2D eigenvalue weighted by molar-refractivity contribution is 7.53. The predicted molar refractivity (Wildman–Crippen MR) is 127 cm³/mol. The van der Waals surface area contributed by atoms with Crippen molar-refractivity contribution in [2.24, 2.45) is 7.05 Å². The third-order valence-corrected chi connectivity index (χ3v) is 7.92. The Morgan fingerprint density at radius 1 is 1.12 bits per heavy atom. The number of aromatic nitrogens is 2. The Balaban J connectivity index is 1.76. The number of nitrogens with one attached hydrogen (secondary N) is 1. The van der Waals surface area contributed by atoms with E-state index in [-0.39, 0.29) is 11.7 Å². The molecule has 1 heterocycles. The first-order valence-corrected chi connectivity index (χ1v) is 12.2. The molecule has 3 aromatic rings. The Morgan fingerprint density at radius 2 is 1.73 bits per heavy atom. The Bertz CT molecular complexity index is 1190. The highest BCUT2D eigenvalue weighted by Crippen LogP contribution is 2.60. The molecule has 0 aliphatic rings. The quantitative estimate of drug-likeness (QED) is 0.314. The summed E-state index contributed by atoms with van der Waals surface area (Å²) in [5, 5.41) is 5.72. The van der Waals surface area contributed by atoms with Crippen LogP contribution in [-0.4, -0.2) is 25.5 Å². The second-order valence-corrected chi connectivity index (χ2v) is 9.71. The molecule has 0 spiro atoms. The van der Waals surface area contributed by atoms with Crippen molar-refractivity contribution in [1.82, 2.24) is 9.78 Å². The number of carbonyl (C=O) groups is 1. The molecule has 1 aromatic heterocycles. The molecule has 0 atom stereocenters. The fourth-order valence-electron chi connectivity index (χ4n) is 3.99. The second kappa shape index (κ2) is 9.83. The van der Waals surface area contributed by atoms with E-state index in [9.17, 15) is 23.5 Å². The largest absolute Gasteiger partial charge is 0.335 e. The van der Waals surface area contributed by atoms with Crippen LogP contribution in [0.5, 0.6) is 0 Å². The normalized spacial score (nSPS) is 12.3. The molecule has 174 valence electrons. The van der Waals surface area contributed by atoms with E-state index in [1.165, 1.54) is 18.2 Å². The fourth-order valence-corrected chi connectivity index (χ4v) is 5.30. The first-order valence-electron chi connectivity index (χ1n) is 10.5. The molecule has 0 saturated carbocycles. The van der Waals surface area contributed by atoms with E-state index in [4.69, 9.17) is 0 Å². The lowest BCUT2D eigenvalue weighted by Gasteiger charge is -2.33. The molecule has 2 aromatic carbocycles. The van der Waals surface area contributed by atoms with Crippen LogP contribution in [0.4, 0.5) is 10.1 Å². The summed E-state index contributed by atoms with van der Waals surface area (Å²) in [5.74, 6) is -0.705. The SMILES string of the molecule is CCC(CC)(c1ccc(NC(=O)/C=C\c2cnn(C)c2-c2ccc(F)cc2)cc1)P(=O)(O)O. The molecule has 7 nitrogen and oxygen atoms in total. The van der Waals surface area contributed by atoms with Gasteiger partial charge >= 0.3 is 7.60 Å². The minimum absolute atomic E-state index is 0.295. The predicted octanol–water partition coefficient (Wildman–Crippen LogP) is 5.07. The smallest absolute Gasteiger partial charge is 0.324 e. The van der Waals surface area contributed by atoms with Crippen LogP contribution < -0.4 is 5.32 Å². The number of nitrogens with zero attached hydrogens (tertiary/aromatic N) is 2. The molecule has 1 amide bonds. The van der Waals surface area contributed by atoms with Crippen molar-refractivity contribution in [3.05, 3.63) is 77.7 Å². The van der Waals surface area contributed by atoms with Crippen LogP contribution in [0, 0.1) is 5.82 Å². The van der Waals surface area contributed by atoms with Crippen molar-refractivity contribution < 1.29 is 23.5 Å². The number of hydrogen-bond acceptors (Lipinski definition) is 3. The van der Waals surface area contributed by atoms with Gasteiger partial charge in [-0.2, -0.15) is 5.10 Å². The van der Waals surface area contributed by atoms with Gasteiger partial charge in [0.1, 0.15) is 5.82 Å². The van der Waals surface area contributed by atoms with Gasteiger partial charge in [0.25, 0.3) is 0 Å². The van der Waals surface area contributed by atoms with E-state index in [1.54, 1.807) is 74.2 Å². The molecule has 3 rings (SSSR count). The molecular weight excluding hydrogens is 444 g/mol. The molecule has 0 bridgehead atoms. The van der Waals surface area contributed by atoms with Gasteiger partial charge in [0, 0.05) is 29.9 Å². The number of amides is 1. The summed E-state index contributed by atoms with van der Waals surface area (Å²) in [7, 11) is -2.61. The lowest BCUT2D eigenvalue weighted by Crippen LogP contribution is -2.24. The number of anilines is 1. The monoisotopic (exact) mass is 471 g/mol. The minimum atomic E-state index is -4.37. The van der Waals surface area contributed by atoms with Gasteiger partial charge in [-0.25, -0.2) is 4.39 Å². The minimum Gasteiger partial charge on any atom is -0.324 e.